The minimum Gasteiger partial charge on any atom is -0.469 e. The summed E-state index contributed by atoms with van der Waals surface area (Å²) in [5.74, 6) is 0.643. The normalized spacial score (nSPS) is 10.9. The number of nitrogens with zero attached hydrogens (tertiary/aromatic N) is 2. The van der Waals surface area contributed by atoms with Gasteiger partial charge in [-0.3, -0.25) is 9.48 Å². The van der Waals surface area contributed by atoms with Crippen LogP contribution in [0, 0.1) is 6.92 Å². The fourth-order valence-corrected chi connectivity index (χ4v) is 2.44. The van der Waals surface area contributed by atoms with E-state index in [4.69, 9.17) is 16.0 Å². The lowest BCUT2D eigenvalue weighted by molar-refractivity contribution is 0.0989. The van der Waals surface area contributed by atoms with Gasteiger partial charge in [0.2, 0.25) is 0 Å². The van der Waals surface area contributed by atoms with Crippen LogP contribution < -0.4 is 0 Å². The number of Topliss-reactive ketones (excluding diaryl/α,β-unsaturated/α-hetero) is 1. The van der Waals surface area contributed by atoms with E-state index >= 15 is 0 Å². The average molecular weight is 281 g/mol. The van der Waals surface area contributed by atoms with Crippen LogP contribution in [-0.2, 0) is 19.4 Å². The van der Waals surface area contributed by atoms with Gasteiger partial charge in [-0.1, -0.05) is 18.5 Å². The molecule has 0 amide bonds. The van der Waals surface area contributed by atoms with Crippen molar-refractivity contribution in [1.29, 1.82) is 0 Å². The van der Waals surface area contributed by atoms with E-state index in [0.29, 0.717) is 22.9 Å². The first-order valence-corrected chi connectivity index (χ1v) is 6.77. The summed E-state index contributed by atoms with van der Waals surface area (Å²) in [4.78, 5) is 12.3. The first kappa shape index (κ1) is 13.9. The highest BCUT2D eigenvalue weighted by atomic mass is 35.5. The molecule has 2 rings (SSSR count). The van der Waals surface area contributed by atoms with Crippen LogP contribution in [0.4, 0.5) is 0 Å². The zero-order valence-corrected chi connectivity index (χ0v) is 12.1. The minimum atomic E-state index is 0.00500. The average Bonchev–Trinajstić information content (AvgIpc) is 2.95. The molecule has 2 aromatic rings. The van der Waals surface area contributed by atoms with Gasteiger partial charge >= 0.3 is 0 Å². The van der Waals surface area contributed by atoms with Crippen molar-refractivity contribution in [1.82, 2.24) is 9.78 Å². The molecule has 0 aliphatic heterocycles. The second-order valence-electron chi connectivity index (χ2n) is 4.37. The van der Waals surface area contributed by atoms with Gasteiger partial charge in [0.25, 0.3) is 0 Å². The predicted octanol–water partition coefficient (Wildman–Crippen LogP) is 3.45. The number of furan rings is 1. The summed E-state index contributed by atoms with van der Waals surface area (Å²) in [6.07, 6.45) is 2.54. The molecule has 0 atom stereocenters. The maximum Gasteiger partial charge on any atom is 0.172 e. The lowest BCUT2D eigenvalue weighted by Gasteiger charge is -2.04. The summed E-state index contributed by atoms with van der Waals surface area (Å²) >= 11 is 6.29. The van der Waals surface area contributed by atoms with E-state index in [9.17, 15) is 4.79 Å². The standard InChI is InChI=1S/C14H17ClN2O2/c1-4-11-14(15)12(17(5-2)16-11)8-13(18)10-6-7-19-9(10)3/h6-7H,4-5,8H2,1-3H3. The Kier molecular flexibility index (Phi) is 4.10. The first-order chi connectivity index (χ1) is 9.08. The molecule has 102 valence electrons. The van der Waals surface area contributed by atoms with E-state index in [1.807, 2.05) is 13.8 Å². The molecule has 0 fully saturated rings. The number of carbonyl (C=O) groups excluding carboxylic acids is 1. The fourth-order valence-electron chi connectivity index (χ4n) is 2.11. The molecule has 0 aromatic carbocycles. The molecule has 0 bridgehead atoms. The topological polar surface area (TPSA) is 48.0 Å². The molecule has 2 heterocycles. The molecule has 5 heteroatoms. The van der Waals surface area contributed by atoms with E-state index in [0.717, 1.165) is 17.8 Å². The van der Waals surface area contributed by atoms with Gasteiger partial charge in [-0.15, -0.1) is 0 Å². The quantitative estimate of drug-likeness (QED) is 0.788. The summed E-state index contributed by atoms with van der Waals surface area (Å²) < 4.78 is 6.96. The van der Waals surface area contributed by atoms with Crippen molar-refractivity contribution in [3.63, 3.8) is 0 Å². The number of hydrogen-bond acceptors (Lipinski definition) is 3. The van der Waals surface area contributed by atoms with Crippen molar-refractivity contribution in [2.24, 2.45) is 0 Å². The number of aromatic nitrogens is 2. The monoisotopic (exact) mass is 280 g/mol. The summed E-state index contributed by atoms with van der Waals surface area (Å²) in [5, 5.41) is 5.02. The molecule has 4 nitrogen and oxygen atoms in total. The van der Waals surface area contributed by atoms with Crippen molar-refractivity contribution in [3.05, 3.63) is 40.1 Å². The number of carbonyl (C=O) groups is 1. The predicted molar refractivity (Wildman–Crippen MR) is 73.8 cm³/mol. The number of halogens is 1. The molecule has 0 spiro atoms. The Labute approximate surface area is 117 Å². The van der Waals surface area contributed by atoms with E-state index in [1.165, 1.54) is 6.26 Å². The van der Waals surface area contributed by atoms with Crippen molar-refractivity contribution in [3.8, 4) is 0 Å². The van der Waals surface area contributed by atoms with E-state index in [1.54, 1.807) is 17.7 Å². The third-order valence-electron chi connectivity index (χ3n) is 3.18. The highest BCUT2D eigenvalue weighted by Gasteiger charge is 2.19. The maximum atomic E-state index is 12.3. The van der Waals surface area contributed by atoms with Gasteiger partial charge in [0.05, 0.1) is 34.7 Å². The molecular formula is C14H17ClN2O2. The lowest BCUT2D eigenvalue weighted by atomic mass is 10.1. The Hall–Kier alpha value is -1.55. The molecule has 0 aliphatic rings. The van der Waals surface area contributed by atoms with Gasteiger partial charge in [0.1, 0.15) is 5.76 Å². The Bertz CT molecular complexity index is 599. The SMILES string of the molecule is CCc1nn(CC)c(CC(=O)c2ccoc2C)c1Cl. The first-order valence-electron chi connectivity index (χ1n) is 6.39. The Morgan fingerprint density at radius 3 is 2.74 bits per heavy atom. The van der Waals surface area contributed by atoms with Crippen LogP contribution in [0.1, 0.15) is 41.4 Å². The van der Waals surface area contributed by atoms with Crippen LogP contribution in [0.25, 0.3) is 0 Å². The smallest absolute Gasteiger partial charge is 0.172 e. The van der Waals surface area contributed by atoms with Crippen LogP contribution >= 0.6 is 11.6 Å². The zero-order valence-electron chi connectivity index (χ0n) is 11.4. The molecule has 0 radical (unpaired) electrons. The minimum absolute atomic E-state index is 0.00500. The van der Waals surface area contributed by atoms with Crippen molar-refractivity contribution in [2.45, 2.75) is 40.2 Å². The van der Waals surface area contributed by atoms with Gasteiger partial charge < -0.3 is 4.42 Å². The fraction of sp³-hybridized carbons (Fsp3) is 0.429. The third kappa shape index (κ3) is 2.59. The second kappa shape index (κ2) is 5.61. The zero-order chi connectivity index (χ0) is 14.0. The largest absolute Gasteiger partial charge is 0.469 e. The van der Waals surface area contributed by atoms with Crippen LogP contribution in [0.5, 0.6) is 0 Å². The van der Waals surface area contributed by atoms with Crippen LogP contribution in [-0.4, -0.2) is 15.6 Å². The van der Waals surface area contributed by atoms with Gasteiger partial charge in [-0.05, 0) is 26.3 Å². The van der Waals surface area contributed by atoms with E-state index in [2.05, 4.69) is 5.10 Å². The molecule has 0 unspecified atom stereocenters. The van der Waals surface area contributed by atoms with Crippen LogP contribution in [0.3, 0.4) is 0 Å². The number of aryl methyl sites for hydroxylation is 3. The number of rotatable bonds is 5. The second-order valence-corrected chi connectivity index (χ2v) is 4.75. The lowest BCUT2D eigenvalue weighted by Crippen LogP contribution is -2.10. The van der Waals surface area contributed by atoms with Gasteiger partial charge in [-0.25, -0.2) is 0 Å². The summed E-state index contributed by atoms with van der Waals surface area (Å²) in [5.41, 5.74) is 2.24. The summed E-state index contributed by atoms with van der Waals surface area (Å²) in [6.45, 7) is 6.47. The highest BCUT2D eigenvalue weighted by molar-refractivity contribution is 6.32. The highest BCUT2D eigenvalue weighted by Crippen LogP contribution is 2.23. The molecule has 0 saturated carbocycles. The third-order valence-corrected chi connectivity index (χ3v) is 3.62. The number of hydrogen-bond donors (Lipinski definition) is 0. The molecule has 19 heavy (non-hydrogen) atoms. The number of ketones is 1. The van der Waals surface area contributed by atoms with E-state index in [-0.39, 0.29) is 12.2 Å². The van der Waals surface area contributed by atoms with Gasteiger partial charge in [0, 0.05) is 6.54 Å². The Morgan fingerprint density at radius 2 is 2.21 bits per heavy atom. The molecule has 0 saturated heterocycles. The molecule has 2 aromatic heterocycles. The Morgan fingerprint density at radius 1 is 1.47 bits per heavy atom. The molecule has 0 aliphatic carbocycles. The van der Waals surface area contributed by atoms with Crippen LogP contribution in [0.2, 0.25) is 5.02 Å². The van der Waals surface area contributed by atoms with Crippen molar-refractivity contribution >= 4 is 17.4 Å². The summed E-state index contributed by atoms with van der Waals surface area (Å²) in [7, 11) is 0. The van der Waals surface area contributed by atoms with E-state index < -0.39 is 0 Å². The van der Waals surface area contributed by atoms with Gasteiger partial charge in [-0.2, -0.15) is 5.10 Å². The maximum absolute atomic E-state index is 12.3. The van der Waals surface area contributed by atoms with Crippen molar-refractivity contribution in [2.75, 3.05) is 0 Å². The van der Waals surface area contributed by atoms with Crippen molar-refractivity contribution < 1.29 is 9.21 Å². The van der Waals surface area contributed by atoms with Crippen LogP contribution in [0.15, 0.2) is 16.7 Å². The van der Waals surface area contributed by atoms with Gasteiger partial charge in [0.15, 0.2) is 5.78 Å². The Balaban J connectivity index is 2.31. The molecule has 0 N–H and O–H groups in total. The molecular weight excluding hydrogens is 264 g/mol. The summed E-state index contributed by atoms with van der Waals surface area (Å²) in [6, 6.07) is 1.69.